The molecule has 0 saturated heterocycles. The van der Waals surface area contributed by atoms with Crippen molar-refractivity contribution >= 4 is 5.69 Å². The SMILES string of the molecule is COc1ccc(CC(C)(CN)C(C)O)cc1[N+](=O)[O-]. The smallest absolute Gasteiger partial charge is 0.311 e. The van der Waals surface area contributed by atoms with Crippen LogP contribution in [0.1, 0.15) is 19.4 Å². The summed E-state index contributed by atoms with van der Waals surface area (Å²) in [6.45, 7) is 3.82. The van der Waals surface area contributed by atoms with Gasteiger partial charge in [-0.15, -0.1) is 0 Å². The maximum atomic E-state index is 11.0. The first-order valence-corrected chi connectivity index (χ1v) is 6.03. The Morgan fingerprint density at radius 3 is 2.63 bits per heavy atom. The lowest BCUT2D eigenvalue weighted by Crippen LogP contribution is -2.39. The summed E-state index contributed by atoms with van der Waals surface area (Å²) in [4.78, 5) is 10.5. The molecule has 0 bridgehead atoms. The van der Waals surface area contributed by atoms with E-state index in [1.165, 1.54) is 13.2 Å². The van der Waals surface area contributed by atoms with E-state index in [1.54, 1.807) is 19.1 Å². The number of ether oxygens (including phenoxy) is 1. The second kappa shape index (κ2) is 5.99. The molecule has 1 aromatic carbocycles. The monoisotopic (exact) mass is 268 g/mol. The highest BCUT2D eigenvalue weighted by molar-refractivity contribution is 5.48. The number of nitro groups is 1. The lowest BCUT2D eigenvalue weighted by molar-refractivity contribution is -0.385. The van der Waals surface area contributed by atoms with Crippen LogP contribution in [-0.2, 0) is 6.42 Å². The highest BCUT2D eigenvalue weighted by Gasteiger charge is 2.29. The van der Waals surface area contributed by atoms with Crippen molar-refractivity contribution in [2.45, 2.75) is 26.4 Å². The number of aliphatic hydroxyl groups excluding tert-OH is 1. The second-order valence-corrected chi connectivity index (χ2v) is 4.97. The summed E-state index contributed by atoms with van der Waals surface area (Å²) in [6, 6.07) is 4.78. The number of aliphatic hydroxyl groups is 1. The van der Waals surface area contributed by atoms with Crippen molar-refractivity contribution < 1.29 is 14.8 Å². The summed E-state index contributed by atoms with van der Waals surface area (Å²) in [5.41, 5.74) is 5.85. The molecule has 0 aliphatic heterocycles. The van der Waals surface area contributed by atoms with Gasteiger partial charge in [-0.25, -0.2) is 0 Å². The predicted molar refractivity (Wildman–Crippen MR) is 72.2 cm³/mol. The molecule has 0 aliphatic carbocycles. The molecule has 2 atom stereocenters. The average molecular weight is 268 g/mol. The Morgan fingerprint density at radius 2 is 2.21 bits per heavy atom. The summed E-state index contributed by atoms with van der Waals surface area (Å²) in [5.74, 6) is 0.222. The van der Waals surface area contributed by atoms with Gasteiger partial charge in [-0.2, -0.15) is 0 Å². The number of benzene rings is 1. The van der Waals surface area contributed by atoms with Crippen molar-refractivity contribution in [3.05, 3.63) is 33.9 Å². The lowest BCUT2D eigenvalue weighted by Gasteiger charge is -2.31. The number of methoxy groups -OCH3 is 1. The third-order valence-electron chi connectivity index (χ3n) is 3.52. The van der Waals surface area contributed by atoms with E-state index >= 15 is 0 Å². The molecule has 0 amide bonds. The Kier molecular flexibility index (Phi) is 4.85. The summed E-state index contributed by atoms with van der Waals surface area (Å²) < 4.78 is 4.95. The van der Waals surface area contributed by atoms with Gasteiger partial charge in [0.1, 0.15) is 0 Å². The number of nitrogens with zero attached hydrogens (tertiary/aromatic N) is 1. The Balaban J connectivity index is 3.09. The fourth-order valence-electron chi connectivity index (χ4n) is 1.84. The number of nitrogens with two attached hydrogens (primary N) is 1. The molecule has 2 unspecified atom stereocenters. The topological polar surface area (TPSA) is 98.6 Å². The van der Waals surface area contributed by atoms with Gasteiger partial charge in [-0.05, 0) is 25.0 Å². The third kappa shape index (κ3) is 3.42. The van der Waals surface area contributed by atoms with Crippen LogP contribution in [0.4, 0.5) is 5.69 Å². The number of hydrogen-bond donors (Lipinski definition) is 2. The average Bonchev–Trinajstić information content (AvgIpc) is 2.38. The van der Waals surface area contributed by atoms with Gasteiger partial charge in [-0.3, -0.25) is 10.1 Å². The molecular weight excluding hydrogens is 248 g/mol. The van der Waals surface area contributed by atoms with Crippen molar-refractivity contribution in [2.24, 2.45) is 11.1 Å². The maximum Gasteiger partial charge on any atom is 0.311 e. The molecule has 1 aromatic rings. The molecule has 0 spiro atoms. The Morgan fingerprint density at radius 1 is 1.58 bits per heavy atom. The van der Waals surface area contributed by atoms with Gasteiger partial charge >= 0.3 is 5.69 Å². The molecule has 0 aliphatic rings. The molecule has 0 fully saturated rings. The molecule has 0 heterocycles. The highest BCUT2D eigenvalue weighted by Crippen LogP contribution is 2.31. The molecule has 0 saturated carbocycles. The summed E-state index contributed by atoms with van der Waals surface area (Å²) in [5, 5.41) is 20.7. The van der Waals surface area contributed by atoms with Crippen LogP contribution in [0.15, 0.2) is 18.2 Å². The van der Waals surface area contributed by atoms with Gasteiger partial charge in [0.15, 0.2) is 5.75 Å². The van der Waals surface area contributed by atoms with E-state index in [-0.39, 0.29) is 11.4 Å². The zero-order valence-corrected chi connectivity index (χ0v) is 11.4. The molecular formula is C13H20N2O4. The normalized spacial score (nSPS) is 15.6. The van der Waals surface area contributed by atoms with E-state index in [9.17, 15) is 15.2 Å². The minimum absolute atomic E-state index is 0.0787. The van der Waals surface area contributed by atoms with Crippen LogP contribution in [0.3, 0.4) is 0 Å². The number of nitro benzene ring substituents is 1. The molecule has 0 aromatic heterocycles. The molecule has 3 N–H and O–H groups in total. The molecule has 1 rings (SSSR count). The van der Waals surface area contributed by atoms with Gasteiger partial charge < -0.3 is 15.6 Å². The summed E-state index contributed by atoms with van der Waals surface area (Å²) >= 11 is 0. The van der Waals surface area contributed by atoms with Gasteiger partial charge in [0.05, 0.1) is 18.1 Å². The predicted octanol–water partition coefficient (Wildman–Crippen LogP) is 1.49. The zero-order valence-electron chi connectivity index (χ0n) is 11.4. The van der Waals surface area contributed by atoms with E-state index in [1.807, 2.05) is 6.92 Å². The van der Waals surface area contributed by atoms with Crippen molar-refractivity contribution in [1.82, 2.24) is 0 Å². The Bertz CT molecular complexity index is 462. The lowest BCUT2D eigenvalue weighted by atomic mass is 9.79. The standard InChI is InChI=1S/C13H20N2O4/c1-9(16)13(2,8-14)7-10-4-5-12(19-3)11(6-10)15(17)18/h4-6,9,16H,7-8,14H2,1-3H3. The fraction of sp³-hybridized carbons (Fsp3) is 0.538. The molecule has 0 radical (unpaired) electrons. The highest BCUT2D eigenvalue weighted by atomic mass is 16.6. The minimum Gasteiger partial charge on any atom is -0.490 e. The quantitative estimate of drug-likeness (QED) is 0.601. The minimum atomic E-state index is -0.598. The molecule has 106 valence electrons. The van der Waals surface area contributed by atoms with E-state index in [2.05, 4.69) is 0 Å². The largest absolute Gasteiger partial charge is 0.490 e. The van der Waals surface area contributed by atoms with Crippen molar-refractivity contribution in [3.8, 4) is 5.75 Å². The Hall–Kier alpha value is -1.66. The fourth-order valence-corrected chi connectivity index (χ4v) is 1.84. The second-order valence-electron chi connectivity index (χ2n) is 4.97. The van der Waals surface area contributed by atoms with Gasteiger partial charge in [0.2, 0.25) is 0 Å². The number of rotatable bonds is 6. The number of hydrogen-bond acceptors (Lipinski definition) is 5. The molecule has 6 nitrogen and oxygen atoms in total. The first kappa shape index (κ1) is 15.4. The Labute approximate surface area is 112 Å². The summed E-state index contributed by atoms with van der Waals surface area (Å²) in [7, 11) is 1.39. The van der Waals surface area contributed by atoms with E-state index < -0.39 is 16.4 Å². The van der Waals surface area contributed by atoms with Crippen LogP contribution in [0, 0.1) is 15.5 Å². The van der Waals surface area contributed by atoms with Gasteiger partial charge in [0, 0.05) is 18.0 Å². The van der Waals surface area contributed by atoms with Crippen LogP contribution in [-0.4, -0.2) is 29.8 Å². The summed E-state index contributed by atoms with van der Waals surface area (Å²) in [6.07, 6.45) is -0.134. The maximum absolute atomic E-state index is 11.0. The first-order valence-electron chi connectivity index (χ1n) is 6.03. The third-order valence-corrected chi connectivity index (χ3v) is 3.52. The van der Waals surface area contributed by atoms with E-state index in [4.69, 9.17) is 10.5 Å². The van der Waals surface area contributed by atoms with E-state index in [0.717, 1.165) is 5.56 Å². The van der Waals surface area contributed by atoms with E-state index in [0.29, 0.717) is 13.0 Å². The van der Waals surface area contributed by atoms with Crippen molar-refractivity contribution in [1.29, 1.82) is 0 Å². The van der Waals surface area contributed by atoms with Crippen LogP contribution in [0.2, 0.25) is 0 Å². The van der Waals surface area contributed by atoms with Crippen molar-refractivity contribution in [3.63, 3.8) is 0 Å². The van der Waals surface area contributed by atoms with Crippen LogP contribution >= 0.6 is 0 Å². The first-order chi connectivity index (χ1) is 8.84. The van der Waals surface area contributed by atoms with Crippen LogP contribution in [0.5, 0.6) is 5.75 Å². The zero-order chi connectivity index (χ0) is 14.6. The molecule has 6 heteroatoms. The molecule has 19 heavy (non-hydrogen) atoms. The van der Waals surface area contributed by atoms with Crippen molar-refractivity contribution in [2.75, 3.05) is 13.7 Å². The van der Waals surface area contributed by atoms with Crippen LogP contribution in [0.25, 0.3) is 0 Å². The van der Waals surface area contributed by atoms with Crippen LogP contribution < -0.4 is 10.5 Å². The van der Waals surface area contributed by atoms with Gasteiger partial charge in [0.25, 0.3) is 0 Å². The van der Waals surface area contributed by atoms with Gasteiger partial charge in [-0.1, -0.05) is 13.0 Å².